The van der Waals surface area contributed by atoms with Crippen LogP contribution in [0.25, 0.3) is 10.9 Å². The van der Waals surface area contributed by atoms with Gasteiger partial charge in [0.2, 0.25) is 0 Å². The molecule has 0 unspecified atom stereocenters. The van der Waals surface area contributed by atoms with Gasteiger partial charge in [0.25, 0.3) is 0 Å². The number of ether oxygens (including phenoxy) is 1. The largest absolute Gasteiger partial charge is 0.497 e. The minimum Gasteiger partial charge on any atom is -0.497 e. The molecule has 0 amide bonds. The lowest BCUT2D eigenvalue weighted by Gasteiger charge is -2.38. The summed E-state index contributed by atoms with van der Waals surface area (Å²) in [7, 11) is 1.67. The van der Waals surface area contributed by atoms with Gasteiger partial charge in [-0.2, -0.15) is 0 Å². The molecule has 2 atom stereocenters. The molecule has 194 valence electrons. The molecule has 1 aliphatic rings. The fourth-order valence-corrected chi connectivity index (χ4v) is 5.45. The molecule has 4 rings (SSSR count). The van der Waals surface area contributed by atoms with E-state index in [9.17, 15) is 14.3 Å². The Hall–Kier alpha value is -3.14. The number of halogens is 2. The number of piperidine rings is 1. The van der Waals surface area contributed by atoms with Crippen LogP contribution in [0.2, 0.25) is 5.02 Å². The number of benzene rings is 2. The standard InChI is InChI=1S/C30H32ClFN2O3/c1-37-26-10-11-29-27(19-26)22(13-15-33-29)5-2-4-21-14-17-34(20-24(21)8-12-30(35)36)16-3-6-23-7-9-25(32)18-28(23)31/h7,9-11,13,15,18-19,21,24H,2,4-5,8,12,14,16-17,20H2,1H3,(H,35,36)/t21-,24+/m1/s1. The highest BCUT2D eigenvalue weighted by atomic mass is 35.5. The van der Waals surface area contributed by atoms with E-state index in [2.05, 4.69) is 27.8 Å². The molecule has 1 fully saturated rings. The lowest BCUT2D eigenvalue weighted by molar-refractivity contribution is -0.137. The normalized spacial score (nSPS) is 17.8. The van der Waals surface area contributed by atoms with E-state index in [1.165, 1.54) is 17.7 Å². The molecule has 1 aromatic heterocycles. The molecule has 2 aromatic carbocycles. The number of aryl methyl sites for hydroxylation is 1. The van der Waals surface area contributed by atoms with Crippen molar-refractivity contribution in [2.75, 3.05) is 26.7 Å². The maximum Gasteiger partial charge on any atom is 0.303 e. The van der Waals surface area contributed by atoms with Gasteiger partial charge in [0, 0.05) is 30.1 Å². The first-order valence-electron chi connectivity index (χ1n) is 12.7. The van der Waals surface area contributed by atoms with Crippen molar-refractivity contribution in [1.82, 2.24) is 9.88 Å². The number of hydrogen-bond donors (Lipinski definition) is 1. The molecule has 1 saturated heterocycles. The average molecular weight is 523 g/mol. The zero-order chi connectivity index (χ0) is 26.2. The van der Waals surface area contributed by atoms with Crippen molar-refractivity contribution in [3.05, 3.63) is 70.6 Å². The van der Waals surface area contributed by atoms with Crippen LogP contribution >= 0.6 is 11.6 Å². The van der Waals surface area contributed by atoms with Gasteiger partial charge in [0.05, 0.1) is 24.2 Å². The average Bonchev–Trinajstić information content (AvgIpc) is 2.89. The zero-order valence-electron chi connectivity index (χ0n) is 21.1. The Morgan fingerprint density at radius 2 is 2.08 bits per heavy atom. The van der Waals surface area contributed by atoms with Crippen molar-refractivity contribution < 1.29 is 19.0 Å². The number of rotatable bonds is 9. The van der Waals surface area contributed by atoms with E-state index in [0.717, 1.165) is 55.4 Å². The number of fused-ring (bicyclic) bond motifs is 1. The second kappa shape index (κ2) is 12.9. The van der Waals surface area contributed by atoms with Crippen molar-refractivity contribution >= 4 is 28.5 Å². The first kappa shape index (κ1) is 26.9. The van der Waals surface area contributed by atoms with E-state index in [4.69, 9.17) is 16.3 Å². The molecule has 1 aliphatic heterocycles. The maximum atomic E-state index is 13.3. The number of methoxy groups -OCH3 is 1. The van der Waals surface area contributed by atoms with E-state index in [1.54, 1.807) is 13.2 Å². The minimum atomic E-state index is -0.751. The summed E-state index contributed by atoms with van der Waals surface area (Å²) in [6, 6.07) is 12.3. The molecule has 0 radical (unpaired) electrons. The van der Waals surface area contributed by atoms with Crippen LogP contribution in [-0.4, -0.2) is 47.7 Å². The predicted octanol–water partition coefficient (Wildman–Crippen LogP) is 6.21. The van der Waals surface area contributed by atoms with Gasteiger partial charge in [-0.05, 0) is 98.5 Å². The van der Waals surface area contributed by atoms with Gasteiger partial charge in [0.15, 0.2) is 0 Å². The number of carbonyl (C=O) groups is 1. The maximum absolute atomic E-state index is 13.3. The highest BCUT2D eigenvalue weighted by Gasteiger charge is 2.29. The van der Waals surface area contributed by atoms with E-state index in [-0.39, 0.29) is 12.2 Å². The monoisotopic (exact) mass is 522 g/mol. The van der Waals surface area contributed by atoms with Gasteiger partial charge < -0.3 is 9.84 Å². The molecule has 37 heavy (non-hydrogen) atoms. The van der Waals surface area contributed by atoms with Crippen LogP contribution in [0.1, 0.15) is 43.2 Å². The molecule has 5 nitrogen and oxygen atoms in total. The van der Waals surface area contributed by atoms with Crippen molar-refractivity contribution in [2.24, 2.45) is 11.8 Å². The number of carboxylic acids is 1. The van der Waals surface area contributed by atoms with E-state index >= 15 is 0 Å². The second-order valence-electron chi connectivity index (χ2n) is 9.65. The van der Waals surface area contributed by atoms with Crippen LogP contribution in [0, 0.1) is 29.5 Å². The second-order valence-corrected chi connectivity index (χ2v) is 10.1. The van der Waals surface area contributed by atoms with Crippen LogP contribution in [-0.2, 0) is 11.2 Å². The fourth-order valence-electron chi connectivity index (χ4n) is 5.23. The van der Waals surface area contributed by atoms with E-state index in [1.807, 2.05) is 24.4 Å². The number of aromatic nitrogens is 1. The third kappa shape index (κ3) is 7.44. The lowest BCUT2D eigenvalue weighted by Crippen LogP contribution is -2.41. The van der Waals surface area contributed by atoms with Crippen molar-refractivity contribution in [1.29, 1.82) is 0 Å². The van der Waals surface area contributed by atoms with Gasteiger partial charge in [0.1, 0.15) is 11.6 Å². The topological polar surface area (TPSA) is 62.7 Å². The molecule has 0 aliphatic carbocycles. The quantitative estimate of drug-likeness (QED) is 0.338. The summed E-state index contributed by atoms with van der Waals surface area (Å²) in [6.07, 6.45) is 6.77. The van der Waals surface area contributed by atoms with Crippen LogP contribution < -0.4 is 4.74 Å². The summed E-state index contributed by atoms with van der Waals surface area (Å²) in [5, 5.41) is 10.7. The smallest absolute Gasteiger partial charge is 0.303 e. The Balaban J connectivity index is 1.36. The Morgan fingerprint density at radius 3 is 2.86 bits per heavy atom. The van der Waals surface area contributed by atoms with E-state index < -0.39 is 5.97 Å². The molecule has 0 spiro atoms. The van der Waals surface area contributed by atoms with Crippen molar-refractivity contribution in [2.45, 2.75) is 38.5 Å². The summed E-state index contributed by atoms with van der Waals surface area (Å²) in [5.74, 6) is 6.70. The van der Waals surface area contributed by atoms with E-state index in [0.29, 0.717) is 35.4 Å². The number of nitrogens with zero attached hydrogens (tertiary/aromatic N) is 2. The Kier molecular flexibility index (Phi) is 9.38. The first-order chi connectivity index (χ1) is 17.9. The molecule has 0 bridgehead atoms. The van der Waals surface area contributed by atoms with Crippen molar-refractivity contribution in [3.8, 4) is 17.6 Å². The minimum absolute atomic E-state index is 0.181. The van der Waals surface area contributed by atoms with Gasteiger partial charge >= 0.3 is 5.97 Å². The van der Waals surface area contributed by atoms with Crippen LogP contribution in [0.15, 0.2) is 48.7 Å². The van der Waals surface area contributed by atoms with Crippen LogP contribution in [0.4, 0.5) is 4.39 Å². The molecule has 7 heteroatoms. The summed E-state index contributed by atoms with van der Waals surface area (Å²) in [6.45, 7) is 2.34. The van der Waals surface area contributed by atoms with Gasteiger partial charge in [-0.1, -0.05) is 23.4 Å². The van der Waals surface area contributed by atoms with Crippen molar-refractivity contribution in [3.63, 3.8) is 0 Å². The molecule has 0 saturated carbocycles. The Bertz CT molecular complexity index is 1300. The molecular weight excluding hydrogens is 491 g/mol. The molecule has 1 N–H and O–H groups in total. The van der Waals surface area contributed by atoms with Crippen LogP contribution in [0.5, 0.6) is 5.75 Å². The van der Waals surface area contributed by atoms with Gasteiger partial charge in [-0.25, -0.2) is 4.39 Å². The fraction of sp³-hybridized carbons (Fsp3) is 0.400. The molecular formula is C30H32ClFN2O3. The lowest BCUT2D eigenvalue weighted by atomic mass is 9.79. The zero-order valence-corrected chi connectivity index (χ0v) is 21.8. The third-order valence-electron chi connectivity index (χ3n) is 7.22. The first-order valence-corrected chi connectivity index (χ1v) is 13.1. The summed E-state index contributed by atoms with van der Waals surface area (Å²) < 4.78 is 18.7. The Labute approximate surface area is 222 Å². The summed E-state index contributed by atoms with van der Waals surface area (Å²) in [4.78, 5) is 18.1. The number of likely N-dealkylation sites (tertiary alicyclic amines) is 1. The number of hydrogen-bond acceptors (Lipinski definition) is 4. The van der Waals surface area contributed by atoms with Crippen LogP contribution in [0.3, 0.4) is 0 Å². The Morgan fingerprint density at radius 1 is 1.22 bits per heavy atom. The highest BCUT2D eigenvalue weighted by molar-refractivity contribution is 6.31. The third-order valence-corrected chi connectivity index (χ3v) is 7.53. The number of aliphatic carboxylic acids is 1. The summed E-state index contributed by atoms with van der Waals surface area (Å²) in [5.41, 5.74) is 2.84. The SMILES string of the molecule is COc1ccc2nccc(CCC[C@@H]3CCN(CC#Cc4ccc(F)cc4Cl)C[C@@H]3CCC(=O)O)c2c1. The molecule has 3 aromatic rings. The predicted molar refractivity (Wildman–Crippen MR) is 144 cm³/mol. The van der Waals surface area contributed by atoms with Gasteiger partial charge in [-0.15, -0.1) is 0 Å². The molecule has 2 heterocycles. The highest BCUT2D eigenvalue weighted by Crippen LogP contribution is 2.32. The summed E-state index contributed by atoms with van der Waals surface area (Å²) >= 11 is 6.08. The van der Waals surface area contributed by atoms with Gasteiger partial charge in [-0.3, -0.25) is 14.7 Å². The number of pyridine rings is 1. The number of carboxylic acid groups (broad SMARTS) is 1.